The number of anilines is 1. The van der Waals surface area contributed by atoms with Gasteiger partial charge in [0.2, 0.25) is 5.91 Å². The number of H-pyrrole nitrogens is 1. The van der Waals surface area contributed by atoms with Gasteiger partial charge in [0.1, 0.15) is 5.82 Å². The van der Waals surface area contributed by atoms with E-state index in [-0.39, 0.29) is 5.78 Å². The minimum atomic E-state index is -0.482. The van der Waals surface area contributed by atoms with E-state index >= 15 is 0 Å². The third kappa shape index (κ3) is 3.17. The second-order valence-electron chi connectivity index (χ2n) is 10.9. The van der Waals surface area contributed by atoms with Crippen molar-refractivity contribution in [1.82, 2.24) is 14.9 Å². The molecule has 1 aromatic carbocycles. The van der Waals surface area contributed by atoms with Crippen molar-refractivity contribution in [2.24, 2.45) is 5.73 Å². The molecular weight excluding hydrogens is 438 g/mol. The Balaban J connectivity index is 1.33. The Bertz CT molecular complexity index is 1350. The molecule has 1 aliphatic heterocycles. The molecule has 2 aromatic heterocycles. The van der Waals surface area contributed by atoms with E-state index in [1.54, 1.807) is 18.3 Å². The maximum absolute atomic E-state index is 13.6. The number of hydrogen-bond acceptors (Lipinski definition) is 5. The number of benzene rings is 1. The number of carbonyl (C=O) groups is 2. The number of nitrogens with one attached hydrogen (secondary N) is 1. The molecule has 3 N–H and O–H groups in total. The monoisotopic (exact) mass is 471 g/mol. The highest BCUT2D eigenvalue weighted by atomic mass is 16.1. The highest BCUT2D eigenvalue weighted by Gasteiger charge is 2.43. The molecule has 0 atom stereocenters. The minimum absolute atomic E-state index is 0.0221. The molecule has 6 rings (SSSR count). The molecule has 1 saturated heterocycles. The molecule has 7 heteroatoms. The first-order valence-corrected chi connectivity index (χ1v) is 12.8. The Hall–Kier alpha value is -3.19. The van der Waals surface area contributed by atoms with Crippen molar-refractivity contribution < 1.29 is 9.59 Å². The Morgan fingerprint density at radius 2 is 1.89 bits per heavy atom. The van der Waals surface area contributed by atoms with Crippen molar-refractivity contribution in [2.45, 2.75) is 57.4 Å². The molecular formula is C28H33N5O2. The standard InChI is InChI=1S/C28H33N5O2/c1-4-28(8-5-9-28)33-12-10-32(11-13-33)22-15-20-19(16-30-22)24(34)23-18-7-6-17(26(29)35)14-21(18)31-25(23)27(20,2)3/h6-7,14-16,31H,4-5,8-13H2,1-3H3,(H2,29,35). The maximum atomic E-state index is 13.6. The lowest BCUT2D eigenvalue weighted by atomic mass is 9.72. The van der Waals surface area contributed by atoms with Crippen LogP contribution < -0.4 is 10.6 Å². The van der Waals surface area contributed by atoms with Gasteiger partial charge in [0.05, 0.1) is 5.56 Å². The minimum Gasteiger partial charge on any atom is -0.366 e. The number of aromatic amines is 1. The molecule has 0 bridgehead atoms. The number of nitrogens with two attached hydrogens (primary N) is 1. The summed E-state index contributed by atoms with van der Waals surface area (Å²) in [6.45, 7) is 10.6. The van der Waals surface area contributed by atoms with Crippen LogP contribution in [0, 0.1) is 0 Å². The molecule has 2 aliphatic carbocycles. The van der Waals surface area contributed by atoms with Crippen LogP contribution >= 0.6 is 0 Å². The van der Waals surface area contributed by atoms with Crippen LogP contribution in [0.1, 0.15) is 84.0 Å². The van der Waals surface area contributed by atoms with E-state index in [4.69, 9.17) is 10.7 Å². The fourth-order valence-corrected chi connectivity index (χ4v) is 6.53. The first-order valence-electron chi connectivity index (χ1n) is 12.8. The fraction of sp³-hybridized carbons (Fsp3) is 0.464. The molecule has 3 aromatic rings. The topological polar surface area (TPSA) is 95.3 Å². The zero-order valence-electron chi connectivity index (χ0n) is 20.8. The molecule has 3 aliphatic rings. The number of rotatable bonds is 4. The Labute approximate surface area is 205 Å². The van der Waals surface area contributed by atoms with E-state index in [0.717, 1.165) is 54.2 Å². The number of nitrogens with zero attached hydrogens (tertiary/aromatic N) is 3. The summed E-state index contributed by atoms with van der Waals surface area (Å²) in [7, 11) is 0. The molecule has 1 amide bonds. The summed E-state index contributed by atoms with van der Waals surface area (Å²) in [6, 6.07) is 7.35. The van der Waals surface area contributed by atoms with E-state index < -0.39 is 11.3 Å². The van der Waals surface area contributed by atoms with Gasteiger partial charge in [-0.2, -0.15) is 0 Å². The van der Waals surface area contributed by atoms with Crippen molar-refractivity contribution in [1.29, 1.82) is 0 Å². The highest BCUT2D eigenvalue weighted by molar-refractivity contribution is 6.20. The summed E-state index contributed by atoms with van der Waals surface area (Å²) >= 11 is 0. The van der Waals surface area contributed by atoms with Gasteiger partial charge in [-0.05, 0) is 49.4 Å². The van der Waals surface area contributed by atoms with Gasteiger partial charge in [-0.15, -0.1) is 0 Å². The van der Waals surface area contributed by atoms with Crippen LogP contribution in [0.15, 0.2) is 30.5 Å². The molecule has 7 nitrogen and oxygen atoms in total. The lowest BCUT2D eigenvalue weighted by molar-refractivity contribution is 0.00826. The van der Waals surface area contributed by atoms with Gasteiger partial charge >= 0.3 is 0 Å². The average Bonchev–Trinajstić information content (AvgIpc) is 3.23. The number of primary amides is 1. The van der Waals surface area contributed by atoms with E-state index in [1.807, 2.05) is 6.07 Å². The Morgan fingerprint density at radius 1 is 1.14 bits per heavy atom. The second kappa shape index (κ2) is 7.65. The van der Waals surface area contributed by atoms with Crippen LogP contribution in [0.4, 0.5) is 5.82 Å². The van der Waals surface area contributed by atoms with Crippen molar-refractivity contribution in [3.63, 3.8) is 0 Å². The molecule has 0 unspecified atom stereocenters. The quantitative estimate of drug-likeness (QED) is 0.600. The highest BCUT2D eigenvalue weighted by Crippen LogP contribution is 2.45. The van der Waals surface area contributed by atoms with Gasteiger partial charge in [-0.1, -0.05) is 26.8 Å². The summed E-state index contributed by atoms with van der Waals surface area (Å²) in [6.07, 6.45) is 6.99. The van der Waals surface area contributed by atoms with Gasteiger partial charge < -0.3 is 15.6 Å². The summed E-state index contributed by atoms with van der Waals surface area (Å²) in [5.74, 6) is 0.439. The SMILES string of the molecule is CCC1(N2CCN(c3cc4c(cn3)C(=O)c3c([nH]c5cc(C(N)=O)ccc35)C4(C)C)CC2)CCC1. The van der Waals surface area contributed by atoms with Gasteiger partial charge in [-0.3, -0.25) is 14.5 Å². The summed E-state index contributed by atoms with van der Waals surface area (Å²) in [5.41, 5.74) is 9.86. The predicted molar refractivity (Wildman–Crippen MR) is 137 cm³/mol. The molecule has 1 saturated carbocycles. The molecule has 0 radical (unpaired) electrons. The van der Waals surface area contributed by atoms with E-state index in [1.165, 1.54) is 25.7 Å². The van der Waals surface area contributed by atoms with Crippen molar-refractivity contribution in [3.05, 3.63) is 58.4 Å². The van der Waals surface area contributed by atoms with E-state index in [2.05, 4.69) is 41.6 Å². The first-order chi connectivity index (χ1) is 16.7. The summed E-state index contributed by atoms with van der Waals surface area (Å²) in [4.78, 5) is 38.6. The number of fused-ring (bicyclic) bond motifs is 4. The summed E-state index contributed by atoms with van der Waals surface area (Å²) < 4.78 is 0. The van der Waals surface area contributed by atoms with Crippen LogP contribution in [-0.2, 0) is 5.41 Å². The molecule has 3 heterocycles. The number of hydrogen-bond donors (Lipinski definition) is 2. The molecule has 35 heavy (non-hydrogen) atoms. The predicted octanol–water partition coefficient (Wildman–Crippen LogP) is 3.99. The first kappa shape index (κ1) is 22.3. The normalized spacial score (nSPS) is 20.9. The Morgan fingerprint density at radius 3 is 2.51 bits per heavy atom. The smallest absolute Gasteiger partial charge is 0.248 e. The van der Waals surface area contributed by atoms with Crippen LogP contribution in [0.2, 0.25) is 0 Å². The number of ketones is 1. The van der Waals surface area contributed by atoms with Crippen molar-refractivity contribution >= 4 is 28.4 Å². The number of piperazine rings is 1. The zero-order chi connectivity index (χ0) is 24.5. The maximum Gasteiger partial charge on any atom is 0.248 e. The average molecular weight is 472 g/mol. The van der Waals surface area contributed by atoms with Gasteiger partial charge in [0.25, 0.3) is 0 Å². The van der Waals surface area contributed by atoms with Gasteiger partial charge in [0, 0.05) is 71.1 Å². The van der Waals surface area contributed by atoms with E-state index in [9.17, 15) is 9.59 Å². The van der Waals surface area contributed by atoms with Crippen LogP contribution in [0.5, 0.6) is 0 Å². The molecule has 182 valence electrons. The van der Waals surface area contributed by atoms with Gasteiger partial charge in [0.15, 0.2) is 5.78 Å². The Kier molecular flexibility index (Phi) is 4.87. The number of carbonyl (C=O) groups excluding carboxylic acids is 2. The van der Waals surface area contributed by atoms with Crippen LogP contribution in [0.25, 0.3) is 10.9 Å². The number of pyridine rings is 1. The lowest BCUT2D eigenvalue weighted by Gasteiger charge is -2.53. The van der Waals surface area contributed by atoms with Crippen molar-refractivity contribution in [3.8, 4) is 0 Å². The molecule has 2 fully saturated rings. The number of aromatic nitrogens is 2. The van der Waals surface area contributed by atoms with Crippen LogP contribution in [0.3, 0.4) is 0 Å². The molecule has 0 spiro atoms. The number of amides is 1. The zero-order valence-corrected chi connectivity index (χ0v) is 20.8. The van der Waals surface area contributed by atoms with Crippen LogP contribution in [-0.4, -0.2) is 58.3 Å². The second-order valence-corrected chi connectivity index (χ2v) is 10.9. The largest absolute Gasteiger partial charge is 0.366 e. The van der Waals surface area contributed by atoms with Gasteiger partial charge in [-0.25, -0.2) is 4.98 Å². The lowest BCUT2D eigenvalue weighted by Crippen LogP contribution is -2.60. The van der Waals surface area contributed by atoms with Crippen molar-refractivity contribution in [2.75, 3.05) is 31.1 Å². The van der Waals surface area contributed by atoms with E-state index in [0.29, 0.717) is 22.2 Å². The fourth-order valence-electron chi connectivity index (χ4n) is 6.53. The third-order valence-corrected chi connectivity index (χ3v) is 8.96. The third-order valence-electron chi connectivity index (χ3n) is 8.96. The summed E-state index contributed by atoms with van der Waals surface area (Å²) in [5, 5.41) is 0.815.